The first-order chi connectivity index (χ1) is 12.2. The Hall–Kier alpha value is -2.14. The van der Waals surface area contributed by atoms with E-state index in [1.165, 1.54) is 32.4 Å². The quantitative estimate of drug-likeness (QED) is 0.222. The van der Waals surface area contributed by atoms with Crippen molar-refractivity contribution in [3.8, 4) is 11.5 Å². The molecule has 2 aromatic carbocycles. The average Bonchev–Trinajstić information content (AvgIpc) is 2.57. The van der Waals surface area contributed by atoms with Crippen LogP contribution in [0.3, 0.4) is 0 Å². The number of nitrogens with zero attached hydrogens (tertiary/aromatic N) is 1. The Labute approximate surface area is 165 Å². The van der Waals surface area contributed by atoms with Crippen molar-refractivity contribution in [3.63, 3.8) is 0 Å². The standard InChI is InChI=1S/C17H17IN2O5S/c1-11-4-6-14(7-5-11)26(22,23)20-19-10-13-8-15(18)17(25-12(2)21)16(9-13)24-3/h4-10,20H,1-3H3/b19-10-. The van der Waals surface area contributed by atoms with Gasteiger partial charge in [0.05, 0.1) is 21.8 Å². The number of hydrogen-bond donors (Lipinski definition) is 1. The van der Waals surface area contributed by atoms with Gasteiger partial charge in [0.25, 0.3) is 10.0 Å². The molecule has 26 heavy (non-hydrogen) atoms. The van der Waals surface area contributed by atoms with E-state index in [0.29, 0.717) is 20.6 Å². The Morgan fingerprint density at radius 1 is 1.23 bits per heavy atom. The molecule has 0 aliphatic carbocycles. The number of hydrazone groups is 1. The number of nitrogens with one attached hydrogen (secondary N) is 1. The lowest BCUT2D eigenvalue weighted by Crippen LogP contribution is -2.18. The number of halogens is 1. The van der Waals surface area contributed by atoms with Crippen LogP contribution in [0.5, 0.6) is 11.5 Å². The number of sulfonamides is 1. The summed E-state index contributed by atoms with van der Waals surface area (Å²) < 4.78 is 35.3. The van der Waals surface area contributed by atoms with E-state index in [2.05, 4.69) is 9.93 Å². The lowest BCUT2D eigenvalue weighted by atomic mass is 10.2. The molecule has 0 aromatic heterocycles. The first kappa shape index (κ1) is 20.2. The predicted octanol–water partition coefficient (Wildman–Crippen LogP) is 2.85. The molecule has 0 amide bonds. The van der Waals surface area contributed by atoms with Crippen LogP contribution >= 0.6 is 22.6 Å². The van der Waals surface area contributed by atoms with Gasteiger partial charge in [-0.2, -0.15) is 13.5 Å². The second-order valence-electron chi connectivity index (χ2n) is 5.29. The fourth-order valence-corrected chi connectivity index (χ4v) is 3.52. The Kier molecular flexibility index (Phi) is 6.59. The topological polar surface area (TPSA) is 94.1 Å². The van der Waals surface area contributed by atoms with Gasteiger partial charge in [0.1, 0.15) is 0 Å². The number of ether oxygens (including phenoxy) is 2. The zero-order valence-electron chi connectivity index (χ0n) is 14.3. The van der Waals surface area contributed by atoms with Crippen LogP contribution in [0.25, 0.3) is 0 Å². The van der Waals surface area contributed by atoms with Gasteiger partial charge in [-0.3, -0.25) is 4.79 Å². The van der Waals surface area contributed by atoms with Gasteiger partial charge in [0, 0.05) is 6.92 Å². The Balaban J connectivity index is 2.21. The first-order valence-corrected chi connectivity index (χ1v) is 9.96. The van der Waals surface area contributed by atoms with E-state index in [9.17, 15) is 13.2 Å². The van der Waals surface area contributed by atoms with Crippen LogP contribution in [-0.4, -0.2) is 27.7 Å². The highest BCUT2D eigenvalue weighted by atomic mass is 127. The van der Waals surface area contributed by atoms with Crippen LogP contribution < -0.4 is 14.3 Å². The molecule has 2 rings (SSSR count). The minimum Gasteiger partial charge on any atom is -0.493 e. The fraction of sp³-hybridized carbons (Fsp3) is 0.176. The van der Waals surface area contributed by atoms with Crippen molar-refractivity contribution >= 4 is 44.8 Å². The van der Waals surface area contributed by atoms with Crippen LogP contribution in [0.15, 0.2) is 46.4 Å². The zero-order chi connectivity index (χ0) is 19.3. The van der Waals surface area contributed by atoms with Crippen molar-refractivity contribution < 1.29 is 22.7 Å². The largest absolute Gasteiger partial charge is 0.493 e. The average molecular weight is 488 g/mol. The van der Waals surface area contributed by atoms with E-state index in [0.717, 1.165) is 5.56 Å². The highest BCUT2D eigenvalue weighted by Gasteiger charge is 2.14. The maximum atomic E-state index is 12.2. The Morgan fingerprint density at radius 3 is 2.46 bits per heavy atom. The molecule has 138 valence electrons. The van der Waals surface area contributed by atoms with Crippen LogP contribution in [0.2, 0.25) is 0 Å². The van der Waals surface area contributed by atoms with Gasteiger partial charge in [-0.05, 0) is 59.3 Å². The number of esters is 1. The second kappa shape index (κ2) is 8.49. The molecule has 0 spiro atoms. The number of carbonyl (C=O) groups is 1. The van der Waals surface area contributed by atoms with Gasteiger partial charge in [-0.25, -0.2) is 4.83 Å². The molecule has 0 saturated carbocycles. The van der Waals surface area contributed by atoms with E-state index in [-0.39, 0.29) is 4.90 Å². The normalized spacial score (nSPS) is 11.4. The SMILES string of the molecule is COc1cc(/C=N\NS(=O)(=O)c2ccc(C)cc2)cc(I)c1OC(C)=O. The third-order valence-electron chi connectivity index (χ3n) is 3.22. The summed E-state index contributed by atoms with van der Waals surface area (Å²) >= 11 is 1.99. The van der Waals surface area contributed by atoms with Crippen LogP contribution in [0.4, 0.5) is 0 Å². The van der Waals surface area contributed by atoms with Crippen LogP contribution in [0, 0.1) is 10.5 Å². The van der Waals surface area contributed by atoms with E-state index in [1.807, 2.05) is 29.5 Å². The van der Waals surface area contributed by atoms with E-state index < -0.39 is 16.0 Å². The van der Waals surface area contributed by atoms with Crippen molar-refractivity contribution in [2.45, 2.75) is 18.7 Å². The predicted molar refractivity (Wildman–Crippen MR) is 106 cm³/mol. The lowest BCUT2D eigenvalue weighted by Gasteiger charge is -2.11. The number of benzene rings is 2. The van der Waals surface area contributed by atoms with E-state index >= 15 is 0 Å². The molecule has 0 saturated heterocycles. The number of rotatable bonds is 6. The van der Waals surface area contributed by atoms with Crippen molar-refractivity contribution in [1.29, 1.82) is 0 Å². The molecule has 0 unspecified atom stereocenters. The summed E-state index contributed by atoms with van der Waals surface area (Å²) in [7, 11) is -2.30. The fourth-order valence-electron chi connectivity index (χ4n) is 2.00. The monoisotopic (exact) mass is 488 g/mol. The third-order valence-corrected chi connectivity index (χ3v) is 5.26. The first-order valence-electron chi connectivity index (χ1n) is 7.40. The summed E-state index contributed by atoms with van der Waals surface area (Å²) in [5.74, 6) is 0.182. The molecular formula is C17H17IN2O5S. The zero-order valence-corrected chi connectivity index (χ0v) is 17.3. The smallest absolute Gasteiger partial charge is 0.308 e. The van der Waals surface area contributed by atoms with Crippen molar-refractivity contribution in [3.05, 3.63) is 51.1 Å². The highest BCUT2D eigenvalue weighted by Crippen LogP contribution is 2.33. The van der Waals surface area contributed by atoms with Gasteiger partial charge in [0.2, 0.25) is 0 Å². The molecule has 0 aliphatic heterocycles. The molecule has 0 radical (unpaired) electrons. The molecule has 0 aliphatic rings. The van der Waals surface area contributed by atoms with Gasteiger partial charge in [-0.1, -0.05) is 17.7 Å². The Morgan fingerprint density at radius 2 is 1.88 bits per heavy atom. The summed E-state index contributed by atoms with van der Waals surface area (Å²) in [5, 5.41) is 3.79. The molecule has 0 bridgehead atoms. The summed E-state index contributed by atoms with van der Waals surface area (Å²) in [5.41, 5.74) is 1.54. The minimum absolute atomic E-state index is 0.123. The lowest BCUT2D eigenvalue weighted by molar-refractivity contribution is -0.132. The molecule has 7 nitrogen and oxygen atoms in total. The summed E-state index contributed by atoms with van der Waals surface area (Å²) in [6.45, 7) is 3.17. The van der Waals surface area contributed by atoms with Gasteiger partial charge in [-0.15, -0.1) is 0 Å². The number of hydrogen-bond acceptors (Lipinski definition) is 6. The maximum Gasteiger partial charge on any atom is 0.308 e. The van der Waals surface area contributed by atoms with E-state index in [4.69, 9.17) is 9.47 Å². The van der Waals surface area contributed by atoms with Crippen molar-refractivity contribution in [1.82, 2.24) is 4.83 Å². The van der Waals surface area contributed by atoms with Crippen molar-refractivity contribution in [2.75, 3.05) is 7.11 Å². The molecular weight excluding hydrogens is 471 g/mol. The third kappa shape index (κ3) is 5.18. The molecule has 0 fully saturated rings. The van der Waals surface area contributed by atoms with Crippen LogP contribution in [-0.2, 0) is 14.8 Å². The van der Waals surface area contributed by atoms with Gasteiger partial charge >= 0.3 is 5.97 Å². The van der Waals surface area contributed by atoms with Gasteiger partial charge in [0.15, 0.2) is 11.5 Å². The highest BCUT2D eigenvalue weighted by molar-refractivity contribution is 14.1. The van der Waals surface area contributed by atoms with E-state index in [1.54, 1.807) is 24.3 Å². The van der Waals surface area contributed by atoms with Crippen LogP contribution in [0.1, 0.15) is 18.1 Å². The summed E-state index contributed by atoms with van der Waals surface area (Å²) in [4.78, 5) is 13.5. The second-order valence-corrected chi connectivity index (χ2v) is 8.12. The van der Waals surface area contributed by atoms with Crippen molar-refractivity contribution in [2.24, 2.45) is 5.10 Å². The summed E-state index contributed by atoms with van der Waals surface area (Å²) in [6, 6.07) is 9.70. The van der Waals surface area contributed by atoms with Gasteiger partial charge < -0.3 is 9.47 Å². The number of carbonyl (C=O) groups excluding carboxylic acids is 1. The molecule has 1 N–H and O–H groups in total. The molecule has 0 atom stereocenters. The molecule has 2 aromatic rings. The molecule has 0 heterocycles. The Bertz CT molecular complexity index is 940. The minimum atomic E-state index is -3.75. The number of aryl methyl sites for hydroxylation is 1. The number of methoxy groups -OCH3 is 1. The molecule has 9 heteroatoms. The summed E-state index contributed by atoms with van der Waals surface area (Å²) in [6.07, 6.45) is 1.34. The maximum absolute atomic E-state index is 12.2.